The predicted octanol–water partition coefficient (Wildman–Crippen LogP) is 2.39. The molecule has 1 saturated carbocycles. The molecule has 8 nitrogen and oxygen atoms in total. The number of hydrogen-bond donors (Lipinski definition) is 0. The number of Topliss-reactive ketones (excluding diaryl/α,β-unsaturated/α-hetero) is 3. The summed E-state index contributed by atoms with van der Waals surface area (Å²) >= 11 is 0. The fourth-order valence-corrected chi connectivity index (χ4v) is 1.92. The topological polar surface area (TPSA) is 105 Å². The van der Waals surface area contributed by atoms with Gasteiger partial charge in [-0.1, -0.05) is 0 Å². The molecule has 0 amide bonds. The zero-order chi connectivity index (χ0) is 21.2. The SMILES string of the molecule is CC(=O)CCOC(OCCC(C)=O)(OCCC(C)=O)C(F)=COC(=O)C1CC1. The number of carbonyl (C=O) groups is 4. The highest BCUT2D eigenvalue weighted by atomic mass is 19.1. The van der Waals surface area contributed by atoms with Crippen LogP contribution in [0.2, 0.25) is 0 Å². The van der Waals surface area contributed by atoms with Gasteiger partial charge in [0, 0.05) is 19.3 Å². The lowest BCUT2D eigenvalue weighted by atomic mass is 10.3. The van der Waals surface area contributed by atoms with Crippen molar-refractivity contribution in [3.05, 3.63) is 12.1 Å². The number of ketones is 3. The molecule has 0 aliphatic heterocycles. The van der Waals surface area contributed by atoms with Gasteiger partial charge in [0.15, 0.2) is 0 Å². The Morgan fingerprint density at radius 2 is 1.25 bits per heavy atom. The number of hydrogen-bond acceptors (Lipinski definition) is 8. The van der Waals surface area contributed by atoms with E-state index in [9.17, 15) is 23.6 Å². The second-order valence-corrected chi connectivity index (χ2v) is 6.63. The lowest BCUT2D eigenvalue weighted by molar-refractivity contribution is -0.364. The van der Waals surface area contributed by atoms with Crippen molar-refractivity contribution in [3.63, 3.8) is 0 Å². The molecule has 28 heavy (non-hydrogen) atoms. The van der Waals surface area contributed by atoms with Gasteiger partial charge >= 0.3 is 11.9 Å². The highest BCUT2D eigenvalue weighted by Crippen LogP contribution is 2.32. The number of carbonyl (C=O) groups excluding carboxylic acids is 4. The van der Waals surface area contributed by atoms with Gasteiger partial charge in [0.1, 0.15) is 23.6 Å². The molecule has 1 fully saturated rings. The van der Waals surface area contributed by atoms with E-state index in [1.54, 1.807) is 0 Å². The summed E-state index contributed by atoms with van der Waals surface area (Å²) in [5.74, 6) is -5.07. The fourth-order valence-electron chi connectivity index (χ4n) is 1.92. The van der Waals surface area contributed by atoms with Crippen molar-refractivity contribution in [2.45, 2.75) is 58.8 Å². The molecular formula is C19H27FO8. The molecule has 158 valence electrons. The fraction of sp³-hybridized carbons (Fsp3) is 0.684. The third kappa shape index (κ3) is 9.29. The van der Waals surface area contributed by atoms with Crippen LogP contribution in [0.25, 0.3) is 0 Å². The van der Waals surface area contributed by atoms with Crippen LogP contribution >= 0.6 is 0 Å². The molecule has 0 unspecified atom stereocenters. The molecule has 0 spiro atoms. The van der Waals surface area contributed by atoms with Gasteiger partial charge in [-0.3, -0.25) is 19.2 Å². The van der Waals surface area contributed by atoms with E-state index < -0.39 is 17.8 Å². The molecule has 0 atom stereocenters. The summed E-state index contributed by atoms with van der Waals surface area (Å²) in [7, 11) is 0. The van der Waals surface area contributed by atoms with E-state index in [4.69, 9.17) is 18.9 Å². The maximum atomic E-state index is 14.9. The molecule has 0 aromatic carbocycles. The van der Waals surface area contributed by atoms with Crippen LogP contribution in [0.5, 0.6) is 0 Å². The van der Waals surface area contributed by atoms with Crippen LogP contribution in [0.3, 0.4) is 0 Å². The minimum absolute atomic E-state index is 0.0387. The molecule has 0 aromatic rings. The van der Waals surface area contributed by atoms with Crippen LogP contribution in [0.4, 0.5) is 4.39 Å². The molecule has 1 aliphatic carbocycles. The summed E-state index contributed by atoms with van der Waals surface area (Å²) in [6.07, 6.45) is 1.78. The molecule has 0 heterocycles. The summed E-state index contributed by atoms with van der Waals surface area (Å²) in [5.41, 5.74) is 0. The Morgan fingerprint density at radius 3 is 1.57 bits per heavy atom. The molecule has 0 bridgehead atoms. The van der Waals surface area contributed by atoms with Gasteiger partial charge < -0.3 is 18.9 Å². The Hall–Kier alpha value is -1.97. The molecule has 1 aliphatic rings. The van der Waals surface area contributed by atoms with Crippen LogP contribution in [0.15, 0.2) is 12.1 Å². The van der Waals surface area contributed by atoms with Crippen molar-refractivity contribution in [1.82, 2.24) is 0 Å². The summed E-state index contributed by atoms with van der Waals surface area (Å²) in [6.45, 7) is 3.28. The molecule has 0 radical (unpaired) electrons. The van der Waals surface area contributed by atoms with Gasteiger partial charge in [-0.05, 0) is 33.6 Å². The Balaban J connectivity index is 2.95. The van der Waals surface area contributed by atoms with Crippen molar-refractivity contribution in [1.29, 1.82) is 0 Å². The zero-order valence-corrected chi connectivity index (χ0v) is 16.5. The molecule has 0 N–H and O–H groups in total. The first-order valence-electron chi connectivity index (χ1n) is 9.13. The summed E-state index contributed by atoms with van der Waals surface area (Å²) in [6, 6.07) is 0. The molecule has 1 rings (SSSR count). The van der Waals surface area contributed by atoms with E-state index in [1.165, 1.54) is 20.8 Å². The smallest absolute Gasteiger partial charge is 0.342 e. The van der Waals surface area contributed by atoms with Crippen molar-refractivity contribution in [3.8, 4) is 0 Å². The maximum Gasteiger partial charge on any atom is 0.342 e. The van der Waals surface area contributed by atoms with Gasteiger partial charge in [-0.2, -0.15) is 4.39 Å². The molecule has 0 aromatic heterocycles. The minimum Gasteiger partial charge on any atom is -0.431 e. The Bertz CT molecular complexity index is 559. The first kappa shape index (κ1) is 24.1. The third-order valence-electron chi connectivity index (χ3n) is 3.72. The quantitative estimate of drug-likeness (QED) is 0.234. The summed E-state index contributed by atoms with van der Waals surface area (Å²) in [5, 5.41) is 0. The largest absolute Gasteiger partial charge is 0.431 e. The maximum absolute atomic E-state index is 14.9. The molecule has 0 saturated heterocycles. The zero-order valence-electron chi connectivity index (χ0n) is 16.5. The van der Waals surface area contributed by atoms with Gasteiger partial charge in [-0.15, -0.1) is 0 Å². The van der Waals surface area contributed by atoms with E-state index >= 15 is 0 Å². The molecular weight excluding hydrogens is 375 g/mol. The van der Waals surface area contributed by atoms with E-state index in [2.05, 4.69) is 0 Å². The number of rotatable bonds is 15. The Kier molecular flexibility index (Phi) is 10.1. The first-order valence-corrected chi connectivity index (χ1v) is 9.13. The van der Waals surface area contributed by atoms with Crippen molar-refractivity contribution in [2.75, 3.05) is 19.8 Å². The van der Waals surface area contributed by atoms with E-state index in [0.29, 0.717) is 19.1 Å². The summed E-state index contributed by atoms with van der Waals surface area (Å²) < 4.78 is 35.7. The van der Waals surface area contributed by atoms with Gasteiger partial charge in [0.2, 0.25) is 5.83 Å². The third-order valence-corrected chi connectivity index (χ3v) is 3.72. The average Bonchev–Trinajstić information content (AvgIpc) is 3.43. The number of halogens is 1. The van der Waals surface area contributed by atoms with Crippen LogP contribution in [0.1, 0.15) is 52.9 Å². The Morgan fingerprint density at radius 1 is 0.857 bits per heavy atom. The predicted molar refractivity (Wildman–Crippen MR) is 94.5 cm³/mol. The number of esters is 1. The Labute approximate surface area is 163 Å². The standard InChI is InChI=1S/C19H27FO8/c1-13(21)6-9-26-19(27-10-7-14(2)22,28-11-8-15(3)23)17(20)12-25-18(24)16-4-5-16/h12,16H,4-11H2,1-3H3. The second-order valence-electron chi connectivity index (χ2n) is 6.63. The first-order chi connectivity index (χ1) is 13.2. The van der Waals surface area contributed by atoms with Crippen LogP contribution in [-0.4, -0.2) is 49.1 Å². The van der Waals surface area contributed by atoms with E-state index in [-0.39, 0.29) is 62.4 Å². The lowest BCUT2D eigenvalue weighted by Crippen LogP contribution is -2.42. The average molecular weight is 402 g/mol. The lowest BCUT2D eigenvalue weighted by Gasteiger charge is -2.31. The van der Waals surface area contributed by atoms with E-state index in [1.807, 2.05) is 0 Å². The van der Waals surface area contributed by atoms with E-state index in [0.717, 1.165) is 0 Å². The number of ether oxygens (including phenoxy) is 4. The highest BCUT2D eigenvalue weighted by molar-refractivity contribution is 5.76. The van der Waals surface area contributed by atoms with Crippen LogP contribution in [-0.2, 0) is 38.1 Å². The molecule has 9 heteroatoms. The normalized spacial score (nSPS) is 14.6. The van der Waals surface area contributed by atoms with Gasteiger partial charge in [0.05, 0.1) is 25.7 Å². The van der Waals surface area contributed by atoms with Gasteiger partial charge in [-0.25, -0.2) is 0 Å². The minimum atomic E-state index is -2.43. The van der Waals surface area contributed by atoms with Crippen molar-refractivity contribution in [2.24, 2.45) is 5.92 Å². The van der Waals surface area contributed by atoms with Crippen LogP contribution < -0.4 is 0 Å². The van der Waals surface area contributed by atoms with Crippen LogP contribution in [0, 0.1) is 5.92 Å². The second kappa shape index (κ2) is 11.8. The monoisotopic (exact) mass is 402 g/mol. The van der Waals surface area contributed by atoms with Crippen molar-refractivity contribution < 1.29 is 42.5 Å². The van der Waals surface area contributed by atoms with Gasteiger partial charge in [0.25, 0.3) is 0 Å². The van der Waals surface area contributed by atoms with Crippen molar-refractivity contribution >= 4 is 23.3 Å². The summed E-state index contributed by atoms with van der Waals surface area (Å²) in [4.78, 5) is 45.2. The highest BCUT2D eigenvalue weighted by Gasteiger charge is 2.41.